The van der Waals surface area contributed by atoms with E-state index in [4.69, 9.17) is 20.8 Å². The summed E-state index contributed by atoms with van der Waals surface area (Å²) in [6, 6.07) is 15.8. The first-order valence-electron chi connectivity index (χ1n) is 10.4. The van der Waals surface area contributed by atoms with Crippen molar-refractivity contribution in [3.8, 4) is 22.8 Å². The first-order chi connectivity index (χ1) is 15.5. The van der Waals surface area contributed by atoms with Gasteiger partial charge in [0.2, 0.25) is 0 Å². The van der Waals surface area contributed by atoms with E-state index >= 15 is 0 Å². The van der Waals surface area contributed by atoms with E-state index in [1.807, 2.05) is 12.1 Å². The van der Waals surface area contributed by atoms with Gasteiger partial charge in [0.1, 0.15) is 17.1 Å². The fourth-order valence-corrected chi connectivity index (χ4v) is 3.79. The number of amides is 1. The van der Waals surface area contributed by atoms with E-state index in [9.17, 15) is 9.59 Å². The molecular weight excluding hydrogens is 428 g/mol. The largest absolute Gasteiger partial charge is 0.496 e. The van der Waals surface area contributed by atoms with Crippen LogP contribution in [-0.4, -0.2) is 24.1 Å². The molecule has 6 nitrogen and oxygen atoms in total. The van der Waals surface area contributed by atoms with Gasteiger partial charge in [0.05, 0.1) is 23.7 Å². The number of nitrogens with one attached hydrogen (secondary N) is 1. The smallest absolute Gasteiger partial charge is 0.266 e. The zero-order chi connectivity index (χ0) is 22.2. The molecule has 0 radical (unpaired) electrons. The van der Waals surface area contributed by atoms with E-state index in [1.54, 1.807) is 48.7 Å². The molecule has 7 heteroatoms. The summed E-state index contributed by atoms with van der Waals surface area (Å²) in [5.41, 5.74) is 2.15. The van der Waals surface area contributed by atoms with Gasteiger partial charge in [0.15, 0.2) is 0 Å². The number of halogens is 1. The fourth-order valence-electron chi connectivity index (χ4n) is 3.67. The number of rotatable bonds is 6. The molecule has 0 spiro atoms. The van der Waals surface area contributed by atoms with Crippen molar-refractivity contribution in [3.05, 3.63) is 81.7 Å². The zero-order valence-electron chi connectivity index (χ0n) is 17.4. The van der Waals surface area contributed by atoms with Gasteiger partial charge in [0.25, 0.3) is 11.5 Å². The van der Waals surface area contributed by atoms with Gasteiger partial charge < -0.3 is 14.5 Å². The molecule has 0 aliphatic heterocycles. The van der Waals surface area contributed by atoms with E-state index in [2.05, 4.69) is 5.32 Å². The van der Waals surface area contributed by atoms with Crippen LogP contribution in [0.15, 0.2) is 70.0 Å². The molecule has 1 aliphatic carbocycles. The van der Waals surface area contributed by atoms with Crippen molar-refractivity contribution < 1.29 is 13.9 Å². The van der Waals surface area contributed by atoms with Gasteiger partial charge in [-0.2, -0.15) is 0 Å². The normalized spacial score (nSPS) is 13.3. The van der Waals surface area contributed by atoms with Gasteiger partial charge in [-0.25, -0.2) is 0 Å². The summed E-state index contributed by atoms with van der Waals surface area (Å²) in [4.78, 5) is 25.7. The minimum Gasteiger partial charge on any atom is -0.496 e. The van der Waals surface area contributed by atoms with Crippen molar-refractivity contribution in [3.63, 3.8) is 0 Å². The quantitative estimate of drug-likeness (QED) is 0.448. The van der Waals surface area contributed by atoms with Crippen molar-refractivity contribution in [1.29, 1.82) is 0 Å². The minimum atomic E-state index is -0.223. The van der Waals surface area contributed by atoms with Crippen LogP contribution in [0.1, 0.15) is 23.2 Å². The third-order valence-corrected chi connectivity index (χ3v) is 5.92. The number of methoxy groups -OCH3 is 1. The summed E-state index contributed by atoms with van der Waals surface area (Å²) in [5, 5.41) is 4.04. The number of nitrogens with zero attached hydrogens (tertiary/aromatic N) is 1. The van der Waals surface area contributed by atoms with E-state index in [0.29, 0.717) is 51.2 Å². The van der Waals surface area contributed by atoms with E-state index in [1.165, 1.54) is 11.7 Å². The molecule has 0 bridgehead atoms. The lowest BCUT2D eigenvalue weighted by Gasteiger charge is -2.12. The molecule has 2 aromatic carbocycles. The molecule has 162 valence electrons. The predicted octanol–water partition coefficient (Wildman–Crippen LogP) is 5.05. The summed E-state index contributed by atoms with van der Waals surface area (Å²) in [6.07, 6.45) is 3.98. The second kappa shape index (κ2) is 8.20. The van der Waals surface area contributed by atoms with Gasteiger partial charge in [-0.15, -0.1) is 0 Å². The summed E-state index contributed by atoms with van der Waals surface area (Å²) < 4.78 is 12.8. The van der Waals surface area contributed by atoms with Gasteiger partial charge in [0, 0.05) is 29.4 Å². The van der Waals surface area contributed by atoms with Gasteiger partial charge in [-0.05, 0) is 67.3 Å². The van der Waals surface area contributed by atoms with Crippen molar-refractivity contribution in [2.75, 3.05) is 13.7 Å². The third kappa shape index (κ3) is 3.89. The highest BCUT2D eigenvalue weighted by atomic mass is 35.5. The monoisotopic (exact) mass is 448 g/mol. The molecule has 1 saturated carbocycles. The van der Waals surface area contributed by atoms with Crippen LogP contribution in [0.2, 0.25) is 5.02 Å². The van der Waals surface area contributed by atoms with Crippen molar-refractivity contribution >= 4 is 28.5 Å². The minimum absolute atomic E-state index is 0.175. The Morgan fingerprint density at radius 2 is 1.94 bits per heavy atom. The topological polar surface area (TPSA) is 73.5 Å². The number of carbonyl (C=O) groups is 1. The molecule has 1 fully saturated rings. The van der Waals surface area contributed by atoms with Crippen LogP contribution >= 0.6 is 11.6 Å². The Labute approximate surface area is 189 Å². The SMILES string of the molecule is COc1cc(-n2ccc3oc(-c4ccc(Cl)cc4)cc3c2=O)ccc1C(=O)NCC1CC1. The highest BCUT2D eigenvalue weighted by Gasteiger charge is 2.23. The fraction of sp³-hybridized carbons (Fsp3) is 0.200. The Balaban J connectivity index is 1.49. The van der Waals surface area contributed by atoms with Crippen LogP contribution in [0.4, 0.5) is 0 Å². The Morgan fingerprint density at radius 3 is 2.66 bits per heavy atom. The van der Waals surface area contributed by atoms with Crippen LogP contribution < -0.4 is 15.6 Å². The molecule has 2 heterocycles. The lowest BCUT2D eigenvalue weighted by atomic mass is 10.1. The Morgan fingerprint density at radius 1 is 1.16 bits per heavy atom. The van der Waals surface area contributed by atoms with Crippen molar-refractivity contribution in [2.24, 2.45) is 5.92 Å². The molecule has 1 N–H and O–H groups in total. The number of aromatic nitrogens is 1. The zero-order valence-corrected chi connectivity index (χ0v) is 18.2. The number of fused-ring (bicyclic) bond motifs is 1. The maximum Gasteiger partial charge on any atom is 0.266 e. The summed E-state index contributed by atoms with van der Waals surface area (Å²) in [5.74, 6) is 1.41. The molecule has 5 rings (SSSR count). The van der Waals surface area contributed by atoms with Gasteiger partial charge in [-0.3, -0.25) is 14.2 Å². The van der Waals surface area contributed by atoms with Gasteiger partial charge >= 0.3 is 0 Å². The molecule has 4 aromatic rings. The molecular formula is C25H21ClN2O4. The number of hydrogen-bond donors (Lipinski definition) is 1. The van der Waals surface area contributed by atoms with E-state index in [0.717, 1.165) is 18.4 Å². The Kier molecular flexibility index (Phi) is 5.23. The number of ether oxygens (including phenoxy) is 1. The van der Waals surface area contributed by atoms with Crippen LogP contribution in [-0.2, 0) is 0 Å². The molecule has 0 unspecified atom stereocenters. The van der Waals surface area contributed by atoms with E-state index < -0.39 is 0 Å². The first kappa shape index (κ1) is 20.4. The number of furan rings is 1. The highest BCUT2D eigenvalue weighted by molar-refractivity contribution is 6.30. The molecule has 1 amide bonds. The first-order valence-corrected chi connectivity index (χ1v) is 10.8. The lowest BCUT2D eigenvalue weighted by Crippen LogP contribution is -2.26. The maximum atomic E-state index is 13.2. The average Bonchev–Trinajstić information content (AvgIpc) is 3.54. The van der Waals surface area contributed by atoms with Crippen LogP contribution in [0.3, 0.4) is 0 Å². The molecule has 32 heavy (non-hydrogen) atoms. The Bertz CT molecular complexity index is 1370. The maximum absolute atomic E-state index is 13.2. The summed E-state index contributed by atoms with van der Waals surface area (Å²) in [6.45, 7) is 0.677. The van der Waals surface area contributed by atoms with Crippen LogP contribution in [0.5, 0.6) is 5.75 Å². The molecule has 1 aliphatic rings. The summed E-state index contributed by atoms with van der Waals surface area (Å²) >= 11 is 5.96. The van der Waals surface area contributed by atoms with Gasteiger partial charge in [-0.1, -0.05) is 11.6 Å². The summed E-state index contributed by atoms with van der Waals surface area (Å²) in [7, 11) is 1.51. The van der Waals surface area contributed by atoms with Crippen molar-refractivity contribution in [2.45, 2.75) is 12.8 Å². The van der Waals surface area contributed by atoms with E-state index in [-0.39, 0.29) is 11.5 Å². The molecule has 2 aromatic heterocycles. The Hall–Kier alpha value is -3.51. The number of benzene rings is 2. The van der Waals surface area contributed by atoms with Crippen LogP contribution in [0.25, 0.3) is 28.0 Å². The number of carbonyl (C=O) groups excluding carboxylic acids is 1. The number of hydrogen-bond acceptors (Lipinski definition) is 4. The molecule has 0 saturated heterocycles. The standard InChI is InChI=1S/C25H21ClN2O4/c1-31-23-12-18(8-9-19(23)24(29)27-14-15-2-3-15)28-11-10-21-20(25(28)30)13-22(32-21)16-4-6-17(26)7-5-16/h4-13,15H,2-3,14H2,1H3,(H,27,29). The average molecular weight is 449 g/mol. The van der Waals surface area contributed by atoms with Crippen molar-refractivity contribution in [1.82, 2.24) is 9.88 Å². The second-order valence-corrected chi connectivity index (χ2v) is 8.36. The predicted molar refractivity (Wildman–Crippen MR) is 124 cm³/mol. The third-order valence-electron chi connectivity index (χ3n) is 5.67. The molecule has 0 atom stereocenters. The number of pyridine rings is 1. The van der Waals surface area contributed by atoms with Crippen LogP contribution in [0, 0.1) is 5.92 Å². The lowest BCUT2D eigenvalue weighted by molar-refractivity contribution is 0.0949. The second-order valence-electron chi connectivity index (χ2n) is 7.92. The highest BCUT2D eigenvalue weighted by Crippen LogP contribution is 2.29.